The Morgan fingerprint density at radius 3 is 2.85 bits per heavy atom. The van der Waals surface area contributed by atoms with E-state index < -0.39 is 4.92 Å². The Labute approximate surface area is 116 Å². The van der Waals surface area contributed by atoms with Crippen molar-refractivity contribution >= 4 is 17.3 Å². The molecule has 1 saturated heterocycles. The number of methoxy groups -OCH3 is 1. The zero-order chi connectivity index (χ0) is 14.7. The average molecular weight is 279 g/mol. The first-order valence-corrected chi connectivity index (χ1v) is 6.39. The zero-order valence-electron chi connectivity index (χ0n) is 11.4. The molecule has 0 saturated carbocycles. The van der Waals surface area contributed by atoms with Gasteiger partial charge in [0.15, 0.2) is 0 Å². The van der Waals surface area contributed by atoms with Crippen LogP contribution in [0.4, 0.5) is 11.4 Å². The van der Waals surface area contributed by atoms with Crippen molar-refractivity contribution in [1.29, 1.82) is 0 Å². The van der Waals surface area contributed by atoms with Crippen molar-refractivity contribution in [2.75, 3.05) is 19.0 Å². The maximum absolute atomic E-state index is 12.2. The van der Waals surface area contributed by atoms with Crippen molar-refractivity contribution < 1.29 is 14.5 Å². The number of carbonyl (C=O) groups is 1. The average Bonchev–Trinajstić information content (AvgIpc) is 2.85. The van der Waals surface area contributed by atoms with Gasteiger partial charge in [0, 0.05) is 12.1 Å². The van der Waals surface area contributed by atoms with Crippen LogP contribution in [0, 0.1) is 16.0 Å². The Kier molecular flexibility index (Phi) is 4.19. The highest BCUT2D eigenvalue weighted by Crippen LogP contribution is 2.30. The van der Waals surface area contributed by atoms with E-state index in [2.05, 4.69) is 10.6 Å². The zero-order valence-corrected chi connectivity index (χ0v) is 11.4. The lowest BCUT2D eigenvalue weighted by atomic mass is 10.0. The molecule has 108 valence electrons. The molecule has 2 N–H and O–H groups in total. The summed E-state index contributed by atoms with van der Waals surface area (Å²) in [5.74, 6) is 0.0794. The lowest BCUT2D eigenvalue weighted by Crippen LogP contribution is -2.32. The van der Waals surface area contributed by atoms with Gasteiger partial charge in [0.05, 0.1) is 29.7 Å². The van der Waals surface area contributed by atoms with Crippen LogP contribution in [0.15, 0.2) is 18.2 Å². The number of amides is 1. The molecule has 2 unspecified atom stereocenters. The van der Waals surface area contributed by atoms with E-state index in [1.165, 1.54) is 25.3 Å². The fourth-order valence-corrected chi connectivity index (χ4v) is 2.34. The van der Waals surface area contributed by atoms with E-state index in [4.69, 9.17) is 4.74 Å². The number of nitrogens with one attached hydrogen (secondary N) is 2. The van der Waals surface area contributed by atoms with Crippen molar-refractivity contribution in [1.82, 2.24) is 5.32 Å². The second-order valence-electron chi connectivity index (χ2n) is 4.77. The molecule has 1 aromatic rings. The van der Waals surface area contributed by atoms with Gasteiger partial charge in [0.2, 0.25) is 5.91 Å². The number of non-ortho nitro benzene ring substituents is 1. The minimum absolute atomic E-state index is 0.0734. The maximum atomic E-state index is 12.2. The van der Waals surface area contributed by atoms with Gasteiger partial charge >= 0.3 is 0 Å². The second kappa shape index (κ2) is 5.87. The minimum Gasteiger partial charge on any atom is -0.494 e. The van der Waals surface area contributed by atoms with Crippen LogP contribution < -0.4 is 15.4 Å². The maximum Gasteiger partial charge on any atom is 0.273 e. The number of hydrogen-bond acceptors (Lipinski definition) is 5. The molecule has 20 heavy (non-hydrogen) atoms. The van der Waals surface area contributed by atoms with E-state index >= 15 is 0 Å². The molecule has 1 aromatic carbocycles. The number of nitro benzene ring substituents is 1. The molecule has 0 aromatic heterocycles. The third kappa shape index (κ3) is 2.88. The van der Waals surface area contributed by atoms with E-state index in [0.717, 1.165) is 13.0 Å². The minimum atomic E-state index is -0.503. The third-order valence-corrected chi connectivity index (χ3v) is 3.52. The van der Waals surface area contributed by atoms with Gasteiger partial charge in [0.25, 0.3) is 5.69 Å². The molecule has 1 fully saturated rings. The summed E-state index contributed by atoms with van der Waals surface area (Å²) in [5, 5.41) is 16.7. The van der Waals surface area contributed by atoms with Gasteiger partial charge in [-0.15, -0.1) is 0 Å². The van der Waals surface area contributed by atoms with Crippen LogP contribution in [0.3, 0.4) is 0 Å². The molecule has 0 spiro atoms. The molecule has 1 heterocycles. The van der Waals surface area contributed by atoms with E-state index in [0.29, 0.717) is 5.69 Å². The van der Waals surface area contributed by atoms with Gasteiger partial charge in [-0.3, -0.25) is 14.9 Å². The molecular weight excluding hydrogens is 262 g/mol. The van der Waals surface area contributed by atoms with Crippen molar-refractivity contribution in [3.8, 4) is 5.75 Å². The first kappa shape index (κ1) is 14.3. The van der Waals surface area contributed by atoms with E-state index in [9.17, 15) is 14.9 Å². The fourth-order valence-electron chi connectivity index (χ4n) is 2.34. The van der Waals surface area contributed by atoms with Crippen LogP contribution in [-0.2, 0) is 4.79 Å². The number of ether oxygens (including phenoxy) is 1. The van der Waals surface area contributed by atoms with E-state index in [1.54, 1.807) is 0 Å². The third-order valence-electron chi connectivity index (χ3n) is 3.52. The van der Waals surface area contributed by atoms with Crippen molar-refractivity contribution in [3.05, 3.63) is 28.3 Å². The molecular formula is C13H17N3O4. The number of rotatable bonds is 4. The van der Waals surface area contributed by atoms with Crippen molar-refractivity contribution in [2.45, 2.75) is 19.4 Å². The number of anilines is 1. The summed E-state index contributed by atoms with van der Waals surface area (Å²) >= 11 is 0. The molecule has 7 heteroatoms. The molecule has 1 aliphatic rings. The normalized spacial score (nSPS) is 21.5. The number of benzene rings is 1. The van der Waals surface area contributed by atoms with Crippen LogP contribution in [0.25, 0.3) is 0 Å². The molecule has 7 nitrogen and oxygen atoms in total. The number of carbonyl (C=O) groups excluding carboxylic acids is 1. The van der Waals surface area contributed by atoms with Crippen molar-refractivity contribution in [2.24, 2.45) is 5.92 Å². The van der Waals surface area contributed by atoms with E-state index in [-0.39, 0.29) is 29.3 Å². The predicted octanol–water partition coefficient (Wildman–Crippen LogP) is 1.54. The topological polar surface area (TPSA) is 93.5 Å². The predicted molar refractivity (Wildman–Crippen MR) is 73.8 cm³/mol. The highest BCUT2D eigenvalue weighted by Gasteiger charge is 2.29. The smallest absolute Gasteiger partial charge is 0.273 e. The lowest BCUT2D eigenvalue weighted by Gasteiger charge is -2.16. The Morgan fingerprint density at radius 2 is 2.30 bits per heavy atom. The van der Waals surface area contributed by atoms with Crippen LogP contribution in [0.2, 0.25) is 0 Å². The summed E-state index contributed by atoms with van der Waals surface area (Å²) in [6.07, 6.45) is 0.780. The van der Waals surface area contributed by atoms with Gasteiger partial charge in [-0.05, 0) is 26.0 Å². The Hall–Kier alpha value is -2.15. The lowest BCUT2D eigenvalue weighted by molar-refractivity contribution is -0.384. The second-order valence-corrected chi connectivity index (χ2v) is 4.77. The summed E-state index contributed by atoms with van der Waals surface area (Å²) in [7, 11) is 1.41. The summed E-state index contributed by atoms with van der Waals surface area (Å²) < 4.78 is 5.09. The van der Waals surface area contributed by atoms with E-state index in [1.807, 2.05) is 6.92 Å². The monoisotopic (exact) mass is 279 g/mol. The number of hydrogen-bond donors (Lipinski definition) is 2. The SMILES string of the molecule is COc1cc([N+](=O)[O-])ccc1NC(=O)C1CCNC1C. The van der Waals surface area contributed by atoms with Gasteiger partial charge in [-0.25, -0.2) is 0 Å². The van der Waals surface area contributed by atoms with Crippen molar-refractivity contribution in [3.63, 3.8) is 0 Å². The molecule has 2 atom stereocenters. The fraction of sp³-hybridized carbons (Fsp3) is 0.462. The van der Waals surface area contributed by atoms with Gasteiger partial charge in [0.1, 0.15) is 5.75 Å². The molecule has 2 rings (SSSR count). The highest BCUT2D eigenvalue weighted by atomic mass is 16.6. The summed E-state index contributed by atoms with van der Waals surface area (Å²) in [5.41, 5.74) is 0.373. The summed E-state index contributed by atoms with van der Waals surface area (Å²) in [6, 6.07) is 4.25. The van der Waals surface area contributed by atoms with Gasteiger partial charge in [-0.1, -0.05) is 0 Å². The first-order chi connectivity index (χ1) is 9.52. The van der Waals surface area contributed by atoms with Crippen LogP contribution in [0.5, 0.6) is 5.75 Å². The number of nitrogens with zero attached hydrogens (tertiary/aromatic N) is 1. The summed E-state index contributed by atoms with van der Waals surface area (Å²) in [6.45, 7) is 2.78. The quantitative estimate of drug-likeness (QED) is 0.644. The van der Waals surface area contributed by atoms with Gasteiger partial charge in [-0.2, -0.15) is 0 Å². The van der Waals surface area contributed by atoms with Crippen LogP contribution in [-0.4, -0.2) is 30.5 Å². The summed E-state index contributed by atoms with van der Waals surface area (Å²) in [4.78, 5) is 22.4. The van der Waals surface area contributed by atoms with Crippen LogP contribution >= 0.6 is 0 Å². The standard InChI is InChI=1S/C13H17N3O4/c1-8-10(5-6-14-8)13(17)15-11-4-3-9(16(18)19)7-12(11)20-2/h3-4,7-8,10,14H,5-6H2,1-2H3,(H,15,17). The Morgan fingerprint density at radius 1 is 1.55 bits per heavy atom. The Bertz CT molecular complexity index is 532. The van der Waals surface area contributed by atoms with Gasteiger partial charge < -0.3 is 15.4 Å². The molecule has 0 aliphatic carbocycles. The largest absolute Gasteiger partial charge is 0.494 e. The molecule has 1 amide bonds. The highest BCUT2D eigenvalue weighted by molar-refractivity contribution is 5.94. The number of nitro groups is 1. The molecule has 0 radical (unpaired) electrons. The Balaban J connectivity index is 2.16. The molecule has 1 aliphatic heterocycles. The van der Waals surface area contributed by atoms with Crippen LogP contribution in [0.1, 0.15) is 13.3 Å². The molecule has 0 bridgehead atoms. The first-order valence-electron chi connectivity index (χ1n) is 6.39.